The van der Waals surface area contributed by atoms with E-state index in [1.54, 1.807) is 7.11 Å². The highest BCUT2D eigenvalue weighted by molar-refractivity contribution is 5.47. The SMILES string of the molecule is COc1cccc2c1OCC([C@@H](C)N)C2. The van der Waals surface area contributed by atoms with Crippen molar-refractivity contribution < 1.29 is 9.47 Å². The Hall–Kier alpha value is -1.22. The summed E-state index contributed by atoms with van der Waals surface area (Å²) in [7, 11) is 1.66. The topological polar surface area (TPSA) is 44.5 Å². The number of ether oxygens (including phenoxy) is 2. The third-order valence-corrected chi connectivity index (χ3v) is 2.95. The van der Waals surface area contributed by atoms with Crippen LogP contribution in [0.2, 0.25) is 0 Å². The molecule has 1 heterocycles. The van der Waals surface area contributed by atoms with E-state index in [1.807, 2.05) is 19.1 Å². The van der Waals surface area contributed by atoms with Crippen LogP contribution in [0.15, 0.2) is 18.2 Å². The van der Waals surface area contributed by atoms with Gasteiger partial charge in [0.05, 0.1) is 13.7 Å². The molecule has 3 heteroatoms. The largest absolute Gasteiger partial charge is 0.493 e. The van der Waals surface area contributed by atoms with Crippen LogP contribution >= 0.6 is 0 Å². The molecule has 0 fully saturated rings. The predicted octanol–water partition coefficient (Wildman–Crippen LogP) is 1.59. The van der Waals surface area contributed by atoms with Gasteiger partial charge in [0.2, 0.25) is 0 Å². The lowest BCUT2D eigenvalue weighted by Gasteiger charge is -2.28. The molecule has 1 aromatic rings. The molecule has 2 atom stereocenters. The maximum Gasteiger partial charge on any atom is 0.164 e. The monoisotopic (exact) mass is 207 g/mol. The number of fused-ring (bicyclic) bond motifs is 1. The Kier molecular flexibility index (Phi) is 2.82. The minimum Gasteiger partial charge on any atom is -0.493 e. The van der Waals surface area contributed by atoms with Gasteiger partial charge in [-0.15, -0.1) is 0 Å². The fourth-order valence-corrected chi connectivity index (χ4v) is 1.92. The van der Waals surface area contributed by atoms with Gasteiger partial charge in [-0.25, -0.2) is 0 Å². The Balaban J connectivity index is 2.27. The van der Waals surface area contributed by atoms with Crippen LogP contribution < -0.4 is 15.2 Å². The van der Waals surface area contributed by atoms with E-state index in [0.29, 0.717) is 12.5 Å². The highest BCUT2D eigenvalue weighted by atomic mass is 16.5. The van der Waals surface area contributed by atoms with E-state index < -0.39 is 0 Å². The Bertz CT molecular complexity index is 349. The average molecular weight is 207 g/mol. The Morgan fingerprint density at radius 3 is 3.00 bits per heavy atom. The van der Waals surface area contributed by atoms with Gasteiger partial charge in [-0.05, 0) is 25.0 Å². The van der Waals surface area contributed by atoms with E-state index in [0.717, 1.165) is 17.9 Å². The van der Waals surface area contributed by atoms with E-state index in [2.05, 4.69) is 6.07 Å². The lowest BCUT2D eigenvalue weighted by molar-refractivity contribution is 0.196. The van der Waals surface area contributed by atoms with Crippen LogP contribution in [0.4, 0.5) is 0 Å². The van der Waals surface area contributed by atoms with E-state index >= 15 is 0 Å². The maximum atomic E-state index is 5.88. The molecule has 1 aliphatic heterocycles. The molecule has 0 amide bonds. The van der Waals surface area contributed by atoms with Crippen LogP contribution in [0, 0.1) is 5.92 Å². The molecule has 0 spiro atoms. The van der Waals surface area contributed by atoms with E-state index in [-0.39, 0.29) is 6.04 Å². The molecule has 82 valence electrons. The number of hydrogen-bond donors (Lipinski definition) is 1. The van der Waals surface area contributed by atoms with E-state index in [9.17, 15) is 0 Å². The zero-order chi connectivity index (χ0) is 10.8. The van der Waals surface area contributed by atoms with Gasteiger partial charge in [-0.1, -0.05) is 12.1 Å². The fourth-order valence-electron chi connectivity index (χ4n) is 1.92. The molecular weight excluding hydrogens is 190 g/mol. The number of rotatable bonds is 2. The fraction of sp³-hybridized carbons (Fsp3) is 0.500. The predicted molar refractivity (Wildman–Crippen MR) is 59.3 cm³/mol. The van der Waals surface area contributed by atoms with Crippen molar-refractivity contribution in [2.24, 2.45) is 11.7 Å². The maximum absolute atomic E-state index is 5.88. The summed E-state index contributed by atoms with van der Waals surface area (Å²) in [5.41, 5.74) is 7.08. The molecule has 0 aromatic heterocycles. The summed E-state index contributed by atoms with van der Waals surface area (Å²) in [4.78, 5) is 0. The summed E-state index contributed by atoms with van der Waals surface area (Å²) in [5.74, 6) is 2.11. The summed E-state index contributed by atoms with van der Waals surface area (Å²) in [6, 6.07) is 6.16. The molecule has 0 aliphatic carbocycles. The second kappa shape index (κ2) is 4.11. The standard InChI is InChI=1S/C12H17NO2/c1-8(13)10-6-9-4-3-5-11(14-2)12(9)15-7-10/h3-5,8,10H,6-7,13H2,1-2H3/t8-,10?/m1/s1. The molecule has 2 N–H and O–H groups in total. The first-order valence-corrected chi connectivity index (χ1v) is 5.26. The van der Waals surface area contributed by atoms with Crippen LogP contribution in [-0.2, 0) is 6.42 Å². The number of hydrogen-bond acceptors (Lipinski definition) is 3. The van der Waals surface area contributed by atoms with Crippen LogP contribution in [0.3, 0.4) is 0 Å². The summed E-state index contributed by atoms with van der Waals surface area (Å²) >= 11 is 0. The highest BCUT2D eigenvalue weighted by Crippen LogP contribution is 2.36. The smallest absolute Gasteiger partial charge is 0.164 e. The van der Waals surface area contributed by atoms with Crippen molar-refractivity contribution in [3.63, 3.8) is 0 Å². The van der Waals surface area contributed by atoms with Gasteiger partial charge < -0.3 is 15.2 Å². The molecule has 0 bridgehead atoms. The van der Waals surface area contributed by atoms with Gasteiger partial charge in [0.1, 0.15) is 0 Å². The molecule has 2 rings (SSSR count). The molecule has 1 unspecified atom stereocenters. The molecule has 0 saturated carbocycles. The third kappa shape index (κ3) is 1.92. The number of methoxy groups -OCH3 is 1. The molecule has 1 aromatic carbocycles. The quantitative estimate of drug-likeness (QED) is 0.801. The van der Waals surface area contributed by atoms with Crippen molar-refractivity contribution >= 4 is 0 Å². The first kappa shape index (κ1) is 10.3. The molecule has 0 radical (unpaired) electrons. The van der Waals surface area contributed by atoms with Crippen molar-refractivity contribution in [3.8, 4) is 11.5 Å². The van der Waals surface area contributed by atoms with E-state index in [1.165, 1.54) is 5.56 Å². The minimum absolute atomic E-state index is 0.171. The van der Waals surface area contributed by atoms with Crippen LogP contribution in [-0.4, -0.2) is 19.8 Å². The molecular formula is C12H17NO2. The Morgan fingerprint density at radius 2 is 2.33 bits per heavy atom. The van der Waals surface area contributed by atoms with Gasteiger partial charge in [0, 0.05) is 12.0 Å². The number of para-hydroxylation sites is 1. The molecule has 0 saturated heterocycles. The summed E-state index contributed by atoms with van der Waals surface area (Å²) in [6.45, 7) is 2.71. The first-order chi connectivity index (χ1) is 7.22. The zero-order valence-electron chi connectivity index (χ0n) is 9.19. The van der Waals surface area contributed by atoms with Crippen LogP contribution in [0.25, 0.3) is 0 Å². The normalized spacial score (nSPS) is 21.4. The van der Waals surface area contributed by atoms with Crippen molar-refractivity contribution in [1.82, 2.24) is 0 Å². The summed E-state index contributed by atoms with van der Waals surface area (Å²) < 4.78 is 11.0. The highest BCUT2D eigenvalue weighted by Gasteiger charge is 2.24. The van der Waals surface area contributed by atoms with Crippen molar-refractivity contribution in [1.29, 1.82) is 0 Å². The number of benzene rings is 1. The van der Waals surface area contributed by atoms with Gasteiger partial charge in [0.25, 0.3) is 0 Å². The van der Waals surface area contributed by atoms with Crippen molar-refractivity contribution in [3.05, 3.63) is 23.8 Å². The van der Waals surface area contributed by atoms with Gasteiger partial charge in [-0.2, -0.15) is 0 Å². The van der Waals surface area contributed by atoms with Gasteiger partial charge >= 0.3 is 0 Å². The summed E-state index contributed by atoms with van der Waals surface area (Å²) in [6.07, 6.45) is 0.976. The molecule has 15 heavy (non-hydrogen) atoms. The third-order valence-electron chi connectivity index (χ3n) is 2.95. The Morgan fingerprint density at radius 1 is 1.53 bits per heavy atom. The lowest BCUT2D eigenvalue weighted by Crippen LogP contribution is -2.35. The van der Waals surface area contributed by atoms with Gasteiger partial charge in [0.15, 0.2) is 11.5 Å². The van der Waals surface area contributed by atoms with Crippen LogP contribution in [0.5, 0.6) is 11.5 Å². The van der Waals surface area contributed by atoms with Crippen molar-refractivity contribution in [2.45, 2.75) is 19.4 Å². The lowest BCUT2D eigenvalue weighted by atomic mass is 9.91. The number of nitrogens with two attached hydrogens (primary N) is 1. The zero-order valence-corrected chi connectivity index (χ0v) is 9.19. The summed E-state index contributed by atoms with van der Waals surface area (Å²) in [5, 5.41) is 0. The second-order valence-electron chi connectivity index (χ2n) is 4.08. The van der Waals surface area contributed by atoms with Crippen molar-refractivity contribution in [2.75, 3.05) is 13.7 Å². The van der Waals surface area contributed by atoms with E-state index in [4.69, 9.17) is 15.2 Å². The first-order valence-electron chi connectivity index (χ1n) is 5.26. The molecule has 3 nitrogen and oxygen atoms in total. The molecule has 1 aliphatic rings. The Labute approximate surface area is 90.2 Å². The average Bonchev–Trinajstić information content (AvgIpc) is 2.27. The minimum atomic E-state index is 0.171. The van der Waals surface area contributed by atoms with Crippen LogP contribution in [0.1, 0.15) is 12.5 Å². The second-order valence-corrected chi connectivity index (χ2v) is 4.08. The van der Waals surface area contributed by atoms with Gasteiger partial charge in [-0.3, -0.25) is 0 Å².